The topological polar surface area (TPSA) is 58.9 Å². The second-order valence-corrected chi connectivity index (χ2v) is 3.75. The summed E-state index contributed by atoms with van der Waals surface area (Å²) in [4.78, 5) is 0. The standard InChI is InChI=1S/C10H12Cl2O4/c1-15-9-6(11)5(3-4-13)7(12)10(16-2)8(9)14/h13-14H,3-4H2,1-2H3. The Labute approximate surface area is 103 Å². The van der Waals surface area contributed by atoms with Crippen LogP contribution in [-0.2, 0) is 6.42 Å². The van der Waals surface area contributed by atoms with E-state index in [9.17, 15) is 5.11 Å². The average Bonchev–Trinajstić information content (AvgIpc) is 2.26. The molecule has 0 radical (unpaired) electrons. The number of rotatable bonds is 4. The summed E-state index contributed by atoms with van der Waals surface area (Å²) in [5.41, 5.74) is 0.484. The molecule has 1 aromatic carbocycles. The minimum absolute atomic E-state index is 0.0892. The highest BCUT2D eigenvalue weighted by Crippen LogP contribution is 2.49. The van der Waals surface area contributed by atoms with Crippen LogP contribution < -0.4 is 9.47 Å². The molecular weight excluding hydrogens is 255 g/mol. The summed E-state index contributed by atoms with van der Waals surface area (Å²) >= 11 is 12.0. The van der Waals surface area contributed by atoms with Gasteiger partial charge in [0.2, 0.25) is 5.75 Å². The molecule has 2 N–H and O–H groups in total. The fourth-order valence-electron chi connectivity index (χ4n) is 1.39. The van der Waals surface area contributed by atoms with Crippen LogP contribution in [0.2, 0.25) is 10.0 Å². The lowest BCUT2D eigenvalue weighted by Gasteiger charge is -2.15. The number of aromatic hydroxyl groups is 1. The molecule has 0 amide bonds. The minimum atomic E-state index is -0.248. The Morgan fingerprint density at radius 2 is 1.50 bits per heavy atom. The van der Waals surface area contributed by atoms with Gasteiger partial charge in [-0.3, -0.25) is 0 Å². The van der Waals surface area contributed by atoms with Gasteiger partial charge in [0, 0.05) is 6.61 Å². The first kappa shape index (κ1) is 13.2. The molecular formula is C10H12Cl2O4. The molecule has 0 aliphatic rings. The van der Waals surface area contributed by atoms with Gasteiger partial charge >= 0.3 is 0 Å². The highest BCUT2D eigenvalue weighted by molar-refractivity contribution is 6.38. The molecule has 1 rings (SSSR count). The van der Waals surface area contributed by atoms with Crippen LogP contribution in [-0.4, -0.2) is 31.0 Å². The number of hydrogen-bond acceptors (Lipinski definition) is 4. The van der Waals surface area contributed by atoms with Gasteiger partial charge in [-0.2, -0.15) is 0 Å². The van der Waals surface area contributed by atoms with E-state index in [1.165, 1.54) is 14.2 Å². The van der Waals surface area contributed by atoms with Crippen molar-refractivity contribution in [1.29, 1.82) is 0 Å². The molecule has 0 aliphatic carbocycles. The molecule has 1 aromatic rings. The summed E-state index contributed by atoms with van der Waals surface area (Å²) in [5.74, 6) is -0.0700. The predicted octanol–water partition coefficient (Wildman–Crippen LogP) is 2.25. The monoisotopic (exact) mass is 266 g/mol. The molecule has 4 nitrogen and oxygen atoms in total. The third-order valence-corrected chi connectivity index (χ3v) is 2.93. The van der Waals surface area contributed by atoms with Gasteiger partial charge in [0.15, 0.2) is 11.5 Å². The van der Waals surface area contributed by atoms with Gasteiger partial charge in [0.25, 0.3) is 0 Å². The van der Waals surface area contributed by atoms with E-state index < -0.39 is 0 Å². The second kappa shape index (κ2) is 5.48. The number of phenolic OH excluding ortho intramolecular Hbond substituents is 1. The van der Waals surface area contributed by atoms with Gasteiger partial charge in [-0.05, 0) is 12.0 Å². The fraction of sp³-hybridized carbons (Fsp3) is 0.400. The number of aliphatic hydroxyl groups excluding tert-OH is 1. The lowest BCUT2D eigenvalue weighted by Crippen LogP contribution is -1.99. The van der Waals surface area contributed by atoms with E-state index in [0.717, 1.165) is 0 Å². The first-order chi connectivity index (χ1) is 7.58. The maximum atomic E-state index is 9.76. The van der Waals surface area contributed by atoms with Crippen LogP contribution in [0.1, 0.15) is 5.56 Å². The van der Waals surface area contributed by atoms with E-state index in [1.54, 1.807) is 0 Å². The Bertz CT molecular complexity index is 362. The molecule has 0 spiro atoms. The van der Waals surface area contributed by atoms with Crippen molar-refractivity contribution in [2.24, 2.45) is 0 Å². The molecule has 90 valence electrons. The number of aliphatic hydroxyl groups is 1. The quantitative estimate of drug-likeness (QED) is 0.878. The second-order valence-electron chi connectivity index (χ2n) is 3.00. The molecule has 16 heavy (non-hydrogen) atoms. The van der Waals surface area contributed by atoms with E-state index in [-0.39, 0.29) is 40.3 Å². The number of methoxy groups -OCH3 is 2. The van der Waals surface area contributed by atoms with Gasteiger partial charge in [0.1, 0.15) is 0 Å². The Balaban J connectivity index is 3.49. The first-order valence-corrected chi connectivity index (χ1v) is 5.25. The molecule has 0 fully saturated rings. The van der Waals surface area contributed by atoms with Crippen LogP contribution in [0.3, 0.4) is 0 Å². The molecule has 0 atom stereocenters. The normalized spacial score (nSPS) is 10.3. The highest BCUT2D eigenvalue weighted by Gasteiger charge is 2.22. The fourth-order valence-corrected chi connectivity index (χ4v) is 2.14. The van der Waals surface area contributed by atoms with E-state index in [1.807, 2.05) is 0 Å². The van der Waals surface area contributed by atoms with Crippen molar-refractivity contribution in [2.45, 2.75) is 6.42 Å². The number of halogens is 2. The summed E-state index contributed by atoms with van der Waals surface area (Å²) in [5, 5.41) is 19.0. The zero-order chi connectivity index (χ0) is 12.3. The molecule has 0 aliphatic heterocycles. The lowest BCUT2D eigenvalue weighted by molar-refractivity contribution is 0.298. The first-order valence-electron chi connectivity index (χ1n) is 4.50. The third kappa shape index (κ3) is 2.14. The largest absolute Gasteiger partial charge is 0.502 e. The maximum absolute atomic E-state index is 9.76. The number of phenols is 1. The van der Waals surface area contributed by atoms with Crippen molar-refractivity contribution in [3.8, 4) is 17.2 Å². The zero-order valence-electron chi connectivity index (χ0n) is 8.88. The summed E-state index contributed by atoms with van der Waals surface area (Å²) < 4.78 is 9.92. The average molecular weight is 267 g/mol. The van der Waals surface area contributed by atoms with Crippen molar-refractivity contribution < 1.29 is 19.7 Å². The molecule has 0 heterocycles. The van der Waals surface area contributed by atoms with Crippen molar-refractivity contribution in [3.63, 3.8) is 0 Å². The maximum Gasteiger partial charge on any atom is 0.203 e. The van der Waals surface area contributed by atoms with E-state index in [2.05, 4.69) is 0 Å². The molecule has 0 saturated heterocycles. The van der Waals surface area contributed by atoms with Crippen LogP contribution in [0, 0.1) is 0 Å². The zero-order valence-corrected chi connectivity index (χ0v) is 10.4. The van der Waals surface area contributed by atoms with Crippen LogP contribution in [0.5, 0.6) is 17.2 Å². The van der Waals surface area contributed by atoms with E-state index >= 15 is 0 Å². The van der Waals surface area contributed by atoms with Crippen molar-refractivity contribution in [2.75, 3.05) is 20.8 Å². The van der Waals surface area contributed by atoms with Gasteiger partial charge in [-0.1, -0.05) is 23.2 Å². The Hall–Kier alpha value is -0.840. The van der Waals surface area contributed by atoms with Crippen LogP contribution in [0.4, 0.5) is 0 Å². The van der Waals surface area contributed by atoms with Gasteiger partial charge in [-0.25, -0.2) is 0 Å². The SMILES string of the molecule is COc1c(O)c(OC)c(Cl)c(CCO)c1Cl. The Kier molecular flexibility index (Phi) is 4.53. The van der Waals surface area contributed by atoms with Crippen LogP contribution >= 0.6 is 23.2 Å². The smallest absolute Gasteiger partial charge is 0.203 e. The van der Waals surface area contributed by atoms with Crippen LogP contribution in [0.15, 0.2) is 0 Å². The predicted molar refractivity (Wildman–Crippen MR) is 62.0 cm³/mol. The van der Waals surface area contributed by atoms with Gasteiger partial charge in [0.05, 0.1) is 24.3 Å². The third-order valence-electron chi connectivity index (χ3n) is 2.13. The number of ether oxygens (including phenoxy) is 2. The van der Waals surface area contributed by atoms with Gasteiger partial charge in [-0.15, -0.1) is 0 Å². The Morgan fingerprint density at radius 3 is 1.81 bits per heavy atom. The molecule has 0 saturated carbocycles. The van der Waals surface area contributed by atoms with Gasteiger partial charge < -0.3 is 19.7 Å². The molecule has 0 aromatic heterocycles. The number of benzene rings is 1. The summed E-state index contributed by atoms with van der Waals surface area (Å²) in [6.07, 6.45) is 0.255. The number of hydrogen-bond donors (Lipinski definition) is 2. The molecule has 0 unspecified atom stereocenters. The molecule has 6 heteroatoms. The van der Waals surface area contributed by atoms with Crippen molar-refractivity contribution >= 4 is 23.2 Å². The minimum Gasteiger partial charge on any atom is -0.502 e. The summed E-state index contributed by atoms with van der Waals surface area (Å²) in [6.45, 7) is -0.115. The van der Waals surface area contributed by atoms with E-state index in [0.29, 0.717) is 5.56 Å². The Morgan fingerprint density at radius 1 is 1.06 bits per heavy atom. The summed E-state index contributed by atoms with van der Waals surface area (Å²) in [6, 6.07) is 0. The van der Waals surface area contributed by atoms with Crippen molar-refractivity contribution in [1.82, 2.24) is 0 Å². The van der Waals surface area contributed by atoms with E-state index in [4.69, 9.17) is 37.8 Å². The molecule has 0 bridgehead atoms. The summed E-state index contributed by atoms with van der Waals surface area (Å²) in [7, 11) is 2.74. The lowest BCUT2D eigenvalue weighted by atomic mass is 10.1. The van der Waals surface area contributed by atoms with Crippen LogP contribution in [0.25, 0.3) is 0 Å². The van der Waals surface area contributed by atoms with Crippen molar-refractivity contribution in [3.05, 3.63) is 15.6 Å². The highest BCUT2D eigenvalue weighted by atomic mass is 35.5.